The number of benzene rings is 1. The van der Waals surface area contributed by atoms with E-state index in [9.17, 15) is 22.4 Å². The van der Waals surface area contributed by atoms with Gasteiger partial charge in [-0.1, -0.05) is 12.1 Å². The molecule has 0 fully saturated rings. The van der Waals surface area contributed by atoms with Gasteiger partial charge in [-0.25, -0.2) is 9.37 Å². The molecule has 1 N–H and O–H groups in total. The SMILES string of the molecule is O=Cc1cc(F)cnc1Nc1ccccc1C(F)(F)F. The number of alkyl halides is 3. The van der Waals surface area contributed by atoms with Crippen molar-refractivity contribution in [2.24, 2.45) is 0 Å². The molecule has 0 amide bonds. The van der Waals surface area contributed by atoms with Gasteiger partial charge in [0.05, 0.1) is 23.0 Å². The lowest BCUT2D eigenvalue weighted by atomic mass is 10.1. The number of pyridine rings is 1. The third-order valence-electron chi connectivity index (χ3n) is 2.50. The smallest absolute Gasteiger partial charge is 0.339 e. The van der Waals surface area contributed by atoms with Gasteiger partial charge in [-0.05, 0) is 18.2 Å². The van der Waals surface area contributed by atoms with Crippen LogP contribution in [0.5, 0.6) is 0 Å². The molecule has 104 valence electrons. The van der Waals surface area contributed by atoms with Crippen LogP contribution in [0, 0.1) is 5.82 Å². The van der Waals surface area contributed by atoms with Crippen molar-refractivity contribution in [2.45, 2.75) is 6.18 Å². The van der Waals surface area contributed by atoms with Crippen molar-refractivity contribution in [1.82, 2.24) is 4.98 Å². The average Bonchev–Trinajstić information content (AvgIpc) is 2.40. The number of hydrogen-bond acceptors (Lipinski definition) is 3. The molecule has 20 heavy (non-hydrogen) atoms. The number of aldehydes is 1. The van der Waals surface area contributed by atoms with E-state index in [1.807, 2.05) is 0 Å². The zero-order valence-electron chi connectivity index (χ0n) is 9.91. The molecule has 0 aliphatic heterocycles. The minimum absolute atomic E-state index is 0.141. The van der Waals surface area contributed by atoms with Gasteiger partial charge in [0.15, 0.2) is 6.29 Å². The van der Waals surface area contributed by atoms with E-state index in [1.54, 1.807) is 0 Å². The highest BCUT2D eigenvalue weighted by molar-refractivity contribution is 5.84. The molecule has 0 aliphatic rings. The van der Waals surface area contributed by atoms with Crippen LogP contribution >= 0.6 is 0 Å². The lowest BCUT2D eigenvalue weighted by molar-refractivity contribution is -0.136. The fraction of sp³-hybridized carbons (Fsp3) is 0.0769. The Hall–Kier alpha value is -2.44. The number of halogens is 4. The Morgan fingerprint density at radius 2 is 1.90 bits per heavy atom. The molecule has 2 aromatic rings. The van der Waals surface area contributed by atoms with Crippen molar-refractivity contribution in [3.8, 4) is 0 Å². The van der Waals surface area contributed by atoms with Gasteiger partial charge in [0, 0.05) is 0 Å². The lowest BCUT2D eigenvalue weighted by Gasteiger charge is -2.14. The summed E-state index contributed by atoms with van der Waals surface area (Å²) in [6, 6.07) is 5.63. The number of nitrogens with one attached hydrogen (secondary N) is 1. The highest BCUT2D eigenvalue weighted by Gasteiger charge is 2.33. The third kappa shape index (κ3) is 2.93. The fourth-order valence-corrected chi connectivity index (χ4v) is 1.62. The maximum absolute atomic E-state index is 12.9. The molecule has 0 aliphatic carbocycles. The van der Waals surface area contributed by atoms with E-state index in [1.165, 1.54) is 18.2 Å². The molecule has 0 radical (unpaired) electrons. The van der Waals surface area contributed by atoms with Crippen molar-refractivity contribution < 1.29 is 22.4 Å². The van der Waals surface area contributed by atoms with E-state index >= 15 is 0 Å². The molecule has 1 aromatic carbocycles. The third-order valence-corrected chi connectivity index (χ3v) is 2.50. The highest BCUT2D eigenvalue weighted by Crippen LogP contribution is 2.35. The minimum Gasteiger partial charge on any atom is -0.339 e. The van der Waals surface area contributed by atoms with Crippen LogP contribution in [0.3, 0.4) is 0 Å². The van der Waals surface area contributed by atoms with Crippen LogP contribution in [0.1, 0.15) is 15.9 Å². The molecular formula is C13H8F4N2O. The van der Waals surface area contributed by atoms with Crippen molar-refractivity contribution in [3.63, 3.8) is 0 Å². The van der Waals surface area contributed by atoms with E-state index in [4.69, 9.17) is 0 Å². The predicted molar refractivity (Wildman–Crippen MR) is 64.3 cm³/mol. The maximum Gasteiger partial charge on any atom is 0.418 e. The summed E-state index contributed by atoms with van der Waals surface area (Å²) in [4.78, 5) is 14.4. The van der Waals surface area contributed by atoms with Gasteiger partial charge in [-0.2, -0.15) is 13.2 Å². The summed E-state index contributed by atoms with van der Waals surface area (Å²) in [6.07, 6.45) is -3.43. The number of carbonyl (C=O) groups is 1. The Morgan fingerprint density at radius 3 is 2.55 bits per heavy atom. The number of rotatable bonds is 3. The number of carbonyl (C=O) groups excluding carboxylic acids is 1. The number of hydrogen-bond donors (Lipinski definition) is 1. The molecular weight excluding hydrogens is 276 g/mol. The first-order chi connectivity index (χ1) is 9.41. The van der Waals surface area contributed by atoms with E-state index in [-0.39, 0.29) is 17.1 Å². The number of anilines is 2. The fourth-order valence-electron chi connectivity index (χ4n) is 1.62. The number of para-hydroxylation sites is 1. The van der Waals surface area contributed by atoms with Crippen molar-refractivity contribution >= 4 is 17.8 Å². The summed E-state index contributed by atoms with van der Waals surface area (Å²) >= 11 is 0. The Morgan fingerprint density at radius 1 is 1.20 bits per heavy atom. The van der Waals surface area contributed by atoms with Crippen molar-refractivity contribution in [3.05, 3.63) is 53.5 Å². The van der Waals surface area contributed by atoms with Crippen LogP contribution < -0.4 is 5.32 Å². The maximum atomic E-state index is 12.9. The molecule has 0 spiro atoms. The van der Waals surface area contributed by atoms with Gasteiger partial charge in [0.1, 0.15) is 11.6 Å². The summed E-state index contributed by atoms with van der Waals surface area (Å²) < 4.78 is 51.3. The first-order valence-electron chi connectivity index (χ1n) is 5.46. The monoisotopic (exact) mass is 284 g/mol. The van der Waals surface area contributed by atoms with E-state index < -0.39 is 17.6 Å². The molecule has 7 heteroatoms. The number of nitrogens with zero attached hydrogens (tertiary/aromatic N) is 1. The second-order valence-corrected chi connectivity index (χ2v) is 3.88. The van der Waals surface area contributed by atoms with Gasteiger partial charge in [0.25, 0.3) is 0 Å². The Bertz CT molecular complexity index is 641. The Labute approximate surface area is 111 Å². The van der Waals surface area contributed by atoms with Crippen LogP contribution in [-0.2, 0) is 6.18 Å². The van der Waals surface area contributed by atoms with Crippen LogP contribution in [0.25, 0.3) is 0 Å². The Balaban J connectivity index is 2.43. The zero-order chi connectivity index (χ0) is 14.8. The van der Waals surface area contributed by atoms with Crippen molar-refractivity contribution in [2.75, 3.05) is 5.32 Å². The second kappa shape index (κ2) is 5.28. The highest BCUT2D eigenvalue weighted by atomic mass is 19.4. The average molecular weight is 284 g/mol. The largest absolute Gasteiger partial charge is 0.418 e. The summed E-state index contributed by atoms with van der Waals surface area (Å²) in [7, 11) is 0. The standard InChI is InChI=1S/C13H8F4N2O/c14-9-5-8(7-20)12(18-6-9)19-11-4-2-1-3-10(11)13(15,16)17/h1-7H,(H,18,19). The molecule has 3 nitrogen and oxygen atoms in total. The molecule has 0 saturated heterocycles. The van der Waals surface area contributed by atoms with Gasteiger partial charge in [-0.15, -0.1) is 0 Å². The second-order valence-electron chi connectivity index (χ2n) is 3.88. The van der Waals surface area contributed by atoms with Gasteiger partial charge >= 0.3 is 6.18 Å². The van der Waals surface area contributed by atoms with Gasteiger partial charge in [0.2, 0.25) is 0 Å². The summed E-state index contributed by atoms with van der Waals surface area (Å²) in [6.45, 7) is 0. The topological polar surface area (TPSA) is 42.0 Å². The quantitative estimate of drug-likeness (QED) is 0.688. The van der Waals surface area contributed by atoms with E-state index in [0.717, 1.165) is 18.3 Å². The molecule has 2 rings (SSSR count). The van der Waals surface area contributed by atoms with E-state index in [2.05, 4.69) is 10.3 Å². The molecule has 1 heterocycles. The van der Waals surface area contributed by atoms with Gasteiger partial charge < -0.3 is 5.32 Å². The van der Waals surface area contributed by atoms with Crippen LogP contribution in [0.2, 0.25) is 0 Å². The summed E-state index contributed by atoms with van der Waals surface area (Å²) in [5, 5.41) is 2.40. The molecule has 0 unspecified atom stereocenters. The predicted octanol–water partition coefficient (Wildman–Crippen LogP) is 3.80. The first kappa shape index (κ1) is 14.0. The normalized spacial score (nSPS) is 11.2. The van der Waals surface area contributed by atoms with Crippen molar-refractivity contribution in [1.29, 1.82) is 0 Å². The molecule has 0 bridgehead atoms. The Kier molecular flexibility index (Phi) is 3.69. The first-order valence-corrected chi connectivity index (χ1v) is 5.46. The van der Waals surface area contributed by atoms with Crippen LogP contribution in [-0.4, -0.2) is 11.3 Å². The molecule has 1 aromatic heterocycles. The molecule has 0 saturated carbocycles. The van der Waals surface area contributed by atoms with Gasteiger partial charge in [-0.3, -0.25) is 4.79 Å². The van der Waals surface area contributed by atoms with Crippen LogP contribution in [0.15, 0.2) is 36.5 Å². The number of aromatic nitrogens is 1. The summed E-state index contributed by atoms with van der Waals surface area (Å²) in [5.41, 5.74) is -1.33. The van der Waals surface area contributed by atoms with E-state index in [0.29, 0.717) is 6.29 Å². The van der Waals surface area contributed by atoms with Crippen LogP contribution in [0.4, 0.5) is 29.1 Å². The minimum atomic E-state index is -4.55. The summed E-state index contributed by atoms with van der Waals surface area (Å²) in [5.74, 6) is -0.889. The zero-order valence-corrected chi connectivity index (χ0v) is 9.91. The molecule has 0 atom stereocenters. The lowest BCUT2D eigenvalue weighted by Crippen LogP contribution is -2.09.